The topological polar surface area (TPSA) is 102 Å². The third-order valence-corrected chi connectivity index (χ3v) is 6.24. The zero-order valence-corrected chi connectivity index (χ0v) is 20.1. The van der Waals surface area contributed by atoms with E-state index in [-0.39, 0.29) is 37.9 Å². The first kappa shape index (κ1) is 25.3. The number of carbonyl (C=O) groups is 4. The summed E-state index contributed by atoms with van der Waals surface area (Å²) in [7, 11) is 0. The van der Waals surface area contributed by atoms with Gasteiger partial charge in [-0.05, 0) is 35.1 Å². The lowest BCUT2D eigenvalue weighted by Gasteiger charge is -2.23. The van der Waals surface area contributed by atoms with Crippen molar-refractivity contribution in [1.29, 1.82) is 0 Å². The molecule has 2 aromatic rings. The van der Waals surface area contributed by atoms with Gasteiger partial charge in [0, 0.05) is 32.2 Å². The average molecular weight is 491 g/mol. The lowest BCUT2D eigenvalue weighted by atomic mass is 9.91. The Balaban J connectivity index is 1.18. The quantitative estimate of drug-likeness (QED) is 0.402. The molecule has 1 N–H and O–H groups in total. The molecule has 4 rings (SSSR count). The molecule has 0 spiro atoms. The summed E-state index contributed by atoms with van der Waals surface area (Å²) >= 11 is 0. The maximum atomic E-state index is 12.4. The summed E-state index contributed by atoms with van der Waals surface area (Å²) in [5.74, 6) is -1.76. The standard InChI is InChI=1S/C28H30N2O6/c31-25(29-17-7-1-2-12-28(34)36-30-26(32)15-16-27(30)33)19-35-24-18-22-10-4-3-8-20(22)13-14-21-9-5-6-11-23(21)24/h3-6,8-11,13-14,24H,1-2,7,12,15-19H2,(H,29,31). The minimum atomic E-state index is -0.605. The van der Waals surface area contributed by atoms with E-state index in [1.165, 1.54) is 5.56 Å². The number of ether oxygens (including phenoxy) is 1. The monoisotopic (exact) mass is 490 g/mol. The van der Waals surface area contributed by atoms with Crippen molar-refractivity contribution in [2.75, 3.05) is 13.2 Å². The zero-order chi connectivity index (χ0) is 25.3. The lowest BCUT2D eigenvalue weighted by Crippen LogP contribution is -2.32. The number of imide groups is 1. The van der Waals surface area contributed by atoms with Gasteiger partial charge in [-0.15, -0.1) is 5.06 Å². The summed E-state index contributed by atoms with van der Waals surface area (Å²) in [6, 6.07) is 16.2. The smallest absolute Gasteiger partial charge is 0.333 e. The van der Waals surface area contributed by atoms with Gasteiger partial charge in [0.25, 0.3) is 11.8 Å². The molecule has 1 fully saturated rings. The van der Waals surface area contributed by atoms with Crippen LogP contribution >= 0.6 is 0 Å². The van der Waals surface area contributed by atoms with Crippen LogP contribution in [0, 0.1) is 0 Å². The van der Waals surface area contributed by atoms with E-state index in [0.29, 0.717) is 37.3 Å². The first-order valence-corrected chi connectivity index (χ1v) is 12.3. The van der Waals surface area contributed by atoms with Crippen molar-refractivity contribution in [3.8, 4) is 0 Å². The summed E-state index contributed by atoms with van der Waals surface area (Å²) < 4.78 is 6.09. The molecule has 1 heterocycles. The number of carbonyl (C=O) groups excluding carboxylic acids is 4. The van der Waals surface area contributed by atoms with Crippen molar-refractivity contribution in [1.82, 2.24) is 10.4 Å². The molecule has 1 atom stereocenters. The summed E-state index contributed by atoms with van der Waals surface area (Å²) in [4.78, 5) is 52.0. The van der Waals surface area contributed by atoms with Gasteiger partial charge in [-0.2, -0.15) is 0 Å². The number of nitrogens with one attached hydrogen (secondary N) is 1. The third-order valence-electron chi connectivity index (χ3n) is 6.24. The fourth-order valence-corrected chi connectivity index (χ4v) is 4.31. The van der Waals surface area contributed by atoms with Gasteiger partial charge in [0.2, 0.25) is 5.91 Å². The maximum Gasteiger partial charge on any atom is 0.333 e. The Hall–Kier alpha value is -3.78. The van der Waals surface area contributed by atoms with Crippen molar-refractivity contribution in [3.05, 3.63) is 70.8 Å². The Morgan fingerprint density at radius 2 is 1.58 bits per heavy atom. The van der Waals surface area contributed by atoms with E-state index >= 15 is 0 Å². The lowest BCUT2D eigenvalue weighted by molar-refractivity contribution is -0.197. The summed E-state index contributed by atoms with van der Waals surface area (Å²) in [6.45, 7) is 0.419. The normalized spacial score (nSPS) is 16.7. The van der Waals surface area contributed by atoms with Crippen LogP contribution in [0.3, 0.4) is 0 Å². The number of hydrogen-bond acceptors (Lipinski definition) is 6. The van der Waals surface area contributed by atoms with Gasteiger partial charge in [-0.3, -0.25) is 14.4 Å². The van der Waals surface area contributed by atoms with Crippen LogP contribution < -0.4 is 5.32 Å². The molecule has 0 saturated carbocycles. The van der Waals surface area contributed by atoms with Crippen LogP contribution in [0.2, 0.25) is 0 Å². The second kappa shape index (κ2) is 12.3. The van der Waals surface area contributed by atoms with Crippen molar-refractivity contribution >= 4 is 35.8 Å². The Labute approximate surface area is 210 Å². The van der Waals surface area contributed by atoms with E-state index in [1.807, 2.05) is 36.4 Å². The molecule has 1 aliphatic heterocycles. The highest BCUT2D eigenvalue weighted by Crippen LogP contribution is 2.31. The molecule has 36 heavy (non-hydrogen) atoms. The summed E-state index contributed by atoms with van der Waals surface area (Å²) in [5.41, 5.74) is 4.45. The minimum Gasteiger partial charge on any atom is -0.363 e. The maximum absolute atomic E-state index is 12.4. The number of rotatable bonds is 10. The van der Waals surface area contributed by atoms with Crippen LogP contribution in [0.15, 0.2) is 48.5 Å². The largest absolute Gasteiger partial charge is 0.363 e. The van der Waals surface area contributed by atoms with E-state index in [0.717, 1.165) is 16.7 Å². The van der Waals surface area contributed by atoms with Crippen molar-refractivity contribution in [3.63, 3.8) is 0 Å². The van der Waals surface area contributed by atoms with Gasteiger partial charge in [0.05, 0.1) is 6.10 Å². The Bertz CT molecular complexity index is 1140. The van der Waals surface area contributed by atoms with Crippen LogP contribution in [-0.2, 0) is 35.2 Å². The number of benzene rings is 2. The van der Waals surface area contributed by atoms with Gasteiger partial charge in [-0.1, -0.05) is 67.1 Å². The highest BCUT2D eigenvalue weighted by atomic mass is 16.7. The van der Waals surface area contributed by atoms with Gasteiger partial charge < -0.3 is 14.9 Å². The average Bonchev–Trinajstić information content (AvgIpc) is 3.19. The van der Waals surface area contributed by atoms with Gasteiger partial charge >= 0.3 is 5.97 Å². The predicted octanol–water partition coefficient (Wildman–Crippen LogP) is 3.75. The van der Waals surface area contributed by atoms with Gasteiger partial charge in [0.1, 0.15) is 6.61 Å². The Morgan fingerprint density at radius 3 is 2.39 bits per heavy atom. The fraction of sp³-hybridized carbons (Fsp3) is 0.357. The molecule has 0 aromatic heterocycles. The highest BCUT2D eigenvalue weighted by molar-refractivity contribution is 6.01. The molecule has 2 aliphatic rings. The molecule has 0 radical (unpaired) electrons. The number of unbranched alkanes of at least 4 members (excludes halogenated alkanes) is 2. The van der Waals surface area contributed by atoms with Crippen LogP contribution in [0.4, 0.5) is 0 Å². The first-order valence-electron chi connectivity index (χ1n) is 12.3. The Morgan fingerprint density at radius 1 is 0.889 bits per heavy atom. The van der Waals surface area contributed by atoms with E-state index in [9.17, 15) is 19.2 Å². The molecular weight excluding hydrogens is 460 g/mol. The number of fused-ring (bicyclic) bond motifs is 2. The summed E-state index contributed by atoms with van der Waals surface area (Å²) in [5, 5.41) is 3.42. The molecule has 1 saturated heterocycles. The number of nitrogens with zero attached hydrogens (tertiary/aromatic N) is 1. The molecule has 2 aromatic carbocycles. The molecule has 1 unspecified atom stereocenters. The molecule has 8 heteroatoms. The highest BCUT2D eigenvalue weighted by Gasteiger charge is 2.32. The fourth-order valence-electron chi connectivity index (χ4n) is 4.31. The minimum absolute atomic E-state index is 0.0465. The van der Waals surface area contributed by atoms with Crippen molar-refractivity contribution in [2.45, 2.75) is 51.0 Å². The molecule has 8 nitrogen and oxygen atoms in total. The molecular formula is C28H30N2O6. The van der Waals surface area contributed by atoms with Gasteiger partial charge in [-0.25, -0.2) is 4.79 Å². The SMILES string of the molecule is O=C(COC1Cc2ccccc2C=Cc2ccccc21)NCCCCCC(=O)ON1C(=O)CCC1=O. The number of hydrogen-bond donors (Lipinski definition) is 1. The second-order valence-electron chi connectivity index (χ2n) is 8.87. The van der Waals surface area contributed by atoms with Crippen LogP contribution in [-0.4, -0.2) is 41.9 Å². The molecule has 1 aliphatic carbocycles. The summed E-state index contributed by atoms with van der Waals surface area (Å²) in [6.07, 6.45) is 6.80. The van der Waals surface area contributed by atoms with Crippen molar-refractivity contribution in [2.24, 2.45) is 0 Å². The van der Waals surface area contributed by atoms with E-state index in [4.69, 9.17) is 9.57 Å². The first-order chi connectivity index (χ1) is 17.5. The third kappa shape index (κ3) is 6.66. The van der Waals surface area contributed by atoms with E-state index in [1.54, 1.807) is 0 Å². The zero-order valence-electron chi connectivity index (χ0n) is 20.1. The van der Waals surface area contributed by atoms with Crippen LogP contribution in [0.25, 0.3) is 12.2 Å². The molecule has 0 bridgehead atoms. The van der Waals surface area contributed by atoms with Crippen LogP contribution in [0.5, 0.6) is 0 Å². The molecule has 3 amide bonds. The second-order valence-corrected chi connectivity index (χ2v) is 8.87. The number of hydroxylamine groups is 2. The molecule has 188 valence electrons. The predicted molar refractivity (Wildman–Crippen MR) is 133 cm³/mol. The van der Waals surface area contributed by atoms with Crippen LogP contribution in [0.1, 0.15) is 66.9 Å². The van der Waals surface area contributed by atoms with Crippen molar-refractivity contribution < 1.29 is 28.8 Å². The van der Waals surface area contributed by atoms with E-state index < -0.39 is 17.8 Å². The van der Waals surface area contributed by atoms with Gasteiger partial charge in [0.15, 0.2) is 0 Å². The Kier molecular flexibility index (Phi) is 8.62. The van der Waals surface area contributed by atoms with E-state index in [2.05, 4.69) is 29.6 Å². The number of amides is 3.